The average molecular weight is 367 g/mol. The summed E-state index contributed by atoms with van der Waals surface area (Å²) in [5.41, 5.74) is 7.96. The van der Waals surface area contributed by atoms with Crippen LogP contribution < -0.4 is 15.8 Å². The molecule has 1 unspecified atom stereocenters. The number of halogens is 1. The van der Waals surface area contributed by atoms with Gasteiger partial charge in [0.05, 0.1) is 12.0 Å². The minimum atomic E-state index is -0.0137. The van der Waals surface area contributed by atoms with Gasteiger partial charge in [0, 0.05) is 17.5 Å². The second-order valence-electron chi connectivity index (χ2n) is 5.96. The standard InChI is InChI=1S/C18H22N2O2S.ClH/c1-11-15(12-5-7-14(22-2)8-6-12)9-17(23-11)18(21)20-16(10-19)13-3-4-13;/h5-9,13,16H,3-4,10,19H2,1-2H3,(H,20,21);1H. The molecule has 1 saturated carbocycles. The molecule has 1 fully saturated rings. The van der Waals surface area contributed by atoms with Crippen LogP contribution in [0.4, 0.5) is 0 Å². The smallest absolute Gasteiger partial charge is 0.261 e. The molecule has 1 heterocycles. The molecule has 24 heavy (non-hydrogen) atoms. The van der Waals surface area contributed by atoms with E-state index < -0.39 is 0 Å². The second-order valence-corrected chi connectivity index (χ2v) is 7.22. The van der Waals surface area contributed by atoms with Gasteiger partial charge in [0.15, 0.2) is 0 Å². The number of nitrogens with one attached hydrogen (secondary N) is 1. The molecule has 2 aromatic rings. The first-order valence-electron chi connectivity index (χ1n) is 7.88. The topological polar surface area (TPSA) is 64.3 Å². The highest BCUT2D eigenvalue weighted by molar-refractivity contribution is 7.14. The molecule has 0 aliphatic heterocycles. The summed E-state index contributed by atoms with van der Waals surface area (Å²) < 4.78 is 5.19. The third-order valence-corrected chi connectivity index (χ3v) is 5.35. The molecule has 3 N–H and O–H groups in total. The maximum absolute atomic E-state index is 12.5. The molecule has 0 saturated heterocycles. The molecule has 3 rings (SSSR count). The number of carbonyl (C=O) groups excluding carboxylic acids is 1. The number of aryl methyl sites for hydroxylation is 1. The minimum absolute atomic E-state index is 0. The molecule has 4 nitrogen and oxygen atoms in total. The normalized spacial score (nSPS) is 14.6. The van der Waals surface area contributed by atoms with Crippen molar-refractivity contribution >= 4 is 29.7 Å². The summed E-state index contributed by atoms with van der Waals surface area (Å²) in [5.74, 6) is 1.38. The highest BCUT2D eigenvalue weighted by atomic mass is 35.5. The maximum atomic E-state index is 12.5. The van der Waals surface area contributed by atoms with Crippen molar-refractivity contribution < 1.29 is 9.53 Å². The maximum Gasteiger partial charge on any atom is 0.261 e. The number of methoxy groups -OCH3 is 1. The van der Waals surface area contributed by atoms with Gasteiger partial charge in [-0.15, -0.1) is 23.7 Å². The lowest BCUT2D eigenvalue weighted by molar-refractivity contribution is 0.0937. The third kappa shape index (κ3) is 4.09. The predicted octanol–water partition coefficient (Wildman–Crippen LogP) is 3.62. The van der Waals surface area contributed by atoms with Crippen molar-refractivity contribution in [2.75, 3.05) is 13.7 Å². The van der Waals surface area contributed by atoms with E-state index in [4.69, 9.17) is 10.5 Å². The summed E-state index contributed by atoms with van der Waals surface area (Å²) in [5, 5.41) is 3.08. The number of hydrogen-bond donors (Lipinski definition) is 2. The Morgan fingerprint density at radius 1 is 1.38 bits per heavy atom. The van der Waals surface area contributed by atoms with Crippen molar-refractivity contribution in [2.45, 2.75) is 25.8 Å². The van der Waals surface area contributed by atoms with Gasteiger partial charge < -0.3 is 15.8 Å². The molecule has 1 aromatic carbocycles. The lowest BCUT2D eigenvalue weighted by Gasteiger charge is -2.15. The van der Waals surface area contributed by atoms with E-state index in [9.17, 15) is 4.79 Å². The fourth-order valence-corrected chi connectivity index (χ4v) is 3.70. The lowest BCUT2D eigenvalue weighted by atomic mass is 10.1. The second kappa shape index (κ2) is 8.01. The summed E-state index contributed by atoms with van der Waals surface area (Å²) >= 11 is 1.53. The van der Waals surface area contributed by atoms with E-state index in [1.165, 1.54) is 24.2 Å². The van der Waals surface area contributed by atoms with Gasteiger partial charge in [-0.05, 0) is 55.0 Å². The molecule has 0 bridgehead atoms. The number of rotatable bonds is 6. The van der Waals surface area contributed by atoms with Gasteiger partial charge in [0.25, 0.3) is 5.91 Å². The zero-order valence-electron chi connectivity index (χ0n) is 13.9. The van der Waals surface area contributed by atoms with Crippen LogP contribution in [0.1, 0.15) is 27.4 Å². The van der Waals surface area contributed by atoms with Crippen molar-refractivity contribution in [3.8, 4) is 16.9 Å². The van der Waals surface area contributed by atoms with Gasteiger partial charge in [-0.25, -0.2) is 0 Å². The van der Waals surface area contributed by atoms with E-state index >= 15 is 0 Å². The zero-order valence-corrected chi connectivity index (χ0v) is 15.5. The Morgan fingerprint density at radius 2 is 2.04 bits per heavy atom. The van der Waals surface area contributed by atoms with Crippen LogP contribution in [0.25, 0.3) is 11.1 Å². The van der Waals surface area contributed by atoms with Gasteiger partial charge in [-0.3, -0.25) is 4.79 Å². The fourth-order valence-electron chi connectivity index (χ4n) is 2.76. The minimum Gasteiger partial charge on any atom is -0.497 e. The van der Waals surface area contributed by atoms with Gasteiger partial charge in [-0.1, -0.05) is 12.1 Å². The van der Waals surface area contributed by atoms with Crippen LogP contribution in [0.3, 0.4) is 0 Å². The Morgan fingerprint density at radius 3 is 2.58 bits per heavy atom. The van der Waals surface area contributed by atoms with Crippen LogP contribution in [0.2, 0.25) is 0 Å². The van der Waals surface area contributed by atoms with Crippen LogP contribution >= 0.6 is 23.7 Å². The van der Waals surface area contributed by atoms with Crippen molar-refractivity contribution in [1.82, 2.24) is 5.32 Å². The first-order chi connectivity index (χ1) is 11.1. The summed E-state index contributed by atoms with van der Waals surface area (Å²) in [4.78, 5) is 14.3. The first kappa shape index (κ1) is 18.8. The van der Waals surface area contributed by atoms with E-state index in [1.54, 1.807) is 7.11 Å². The van der Waals surface area contributed by atoms with Crippen molar-refractivity contribution in [3.63, 3.8) is 0 Å². The average Bonchev–Trinajstić information content (AvgIpc) is 3.34. The van der Waals surface area contributed by atoms with Crippen molar-refractivity contribution in [3.05, 3.63) is 40.1 Å². The number of ether oxygens (including phenoxy) is 1. The molecule has 1 atom stereocenters. The molecule has 1 aliphatic carbocycles. The van der Waals surface area contributed by atoms with Gasteiger partial charge >= 0.3 is 0 Å². The molecule has 0 radical (unpaired) electrons. The highest BCUT2D eigenvalue weighted by Crippen LogP contribution is 2.34. The quantitative estimate of drug-likeness (QED) is 0.820. The van der Waals surface area contributed by atoms with E-state index in [0.717, 1.165) is 26.6 Å². The number of nitrogens with two attached hydrogens (primary N) is 1. The van der Waals surface area contributed by atoms with Crippen molar-refractivity contribution in [1.29, 1.82) is 0 Å². The summed E-state index contributed by atoms with van der Waals surface area (Å²) in [6.45, 7) is 2.55. The molecule has 1 amide bonds. The third-order valence-electron chi connectivity index (χ3n) is 4.30. The number of hydrogen-bond acceptors (Lipinski definition) is 4. The van der Waals surface area contributed by atoms with E-state index in [-0.39, 0.29) is 24.4 Å². The molecule has 0 spiro atoms. The lowest BCUT2D eigenvalue weighted by Crippen LogP contribution is -2.41. The zero-order chi connectivity index (χ0) is 16.4. The first-order valence-corrected chi connectivity index (χ1v) is 8.69. The Labute approximate surface area is 152 Å². The van der Waals surface area contributed by atoms with Gasteiger partial charge in [-0.2, -0.15) is 0 Å². The number of thiophene rings is 1. The van der Waals surface area contributed by atoms with Gasteiger partial charge in [0.2, 0.25) is 0 Å². The van der Waals surface area contributed by atoms with Gasteiger partial charge in [0.1, 0.15) is 5.75 Å². The number of carbonyl (C=O) groups is 1. The van der Waals surface area contributed by atoms with Crippen LogP contribution in [0.5, 0.6) is 5.75 Å². The SMILES string of the molecule is COc1ccc(-c2cc(C(=O)NC(CN)C3CC3)sc2C)cc1.Cl. The van der Waals surface area contributed by atoms with Crippen molar-refractivity contribution in [2.24, 2.45) is 11.7 Å². The van der Waals surface area contributed by atoms with Crippen LogP contribution in [-0.4, -0.2) is 25.6 Å². The number of amides is 1. The highest BCUT2D eigenvalue weighted by Gasteiger charge is 2.31. The van der Waals surface area contributed by atoms with Crippen LogP contribution in [-0.2, 0) is 0 Å². The Kier molecular flexibility index (Phi) is 6.27. The summed E-state index contributed by atoms with van der Waals surface area (Å²) in [6, 6.07) is 9.98. The molecule has 1 aliphatic rings. The fraction of sp³-hybridized carbons (Fsp3) is 0.389. The molecule has 6 heteroatoms. The molecular formula is C18H23ClN2O2S. The van der Waals surface area contributed by atoms with E-state index in [2.05, 4.69) is 5.32 Å². The van der Waals surface area contributed by atoms with E-state index in [0.29, 0.717) is 12.5 Å². The largest absolute Gasteiger partial charge is 0.497 e. The summed E-state index contributed by atoms with van der Waals surface area (Å²) in [6.07, 6.45) is 2.34. The van der Waals surface area contributed by atoms with E-state index in [1.807, 2.05) is 37.3 Å². The van der Waals surface area contributed by atoms with Crippen LogP contribution in [0, 0.1) is 12.8 Å². The molecule has 130 valence electrons. The number of benzene rings is 1. The summed E-state index contributed by atoms with van der Waals surface area (Å²) in [7, 11) is 1.65. The Balaban J connectivity index is 0.00000208. The monoisotopic (exact) mass is 366 g/mol. The molecule has 1 aromatic heterocycles. The Hall–Kier alpha value is -1.56. The Bertz CT molecular complexity index is 696. The molecular weight excluding hydrogens is 344 g/mol. The van der Waals surface area contributed by atoms with Crippen LogP contribution in [0.15, 0.2) is 30.3 Å². The predicted molar refractivity (Wildman–Crippen MR) is 101 cm³/mol.